The molecule has 0 spiro atoms. The molecule has 0 bridgehead atoms. The van der Waals surface area contributed by atoms with E-state index < -0.39 is 0 Å². The summed E-state index contributed by atoms with van der Waals surface area (Å²) in [5.74, 6) is 1.15. The van der Waals surface area contributed by atoms with Crippen molar-refractivity contribution >= 4 is 49.7 Å². The van der Waals surface area contributed by atoms with Crippen LogP contribution >= 0.6 is 11.3 Å². The maximum Gasteiger partial charge on any atom is 0.267 e. The second-order valence-corrected chi connectivity index (χ2v) is 7.19. The van der Waals surface area contributed by atoms with Gasteiger partial charge in [0, 0.05) is 22.5 Å². The highest BCUT2D eigenvalue weighted by Crippen LogP contribution is 2.39. The molecular formula is C20H15N3O3S. The Hall–Kier alpha value is -3.32. The Morgan fingerprint density at radius 3 is 2.59 bits per heavy atom. The summed E-state index contributed by atoms with van der Waals surface area (Å²) in [5, 5.41) is 4.53. The van der Waals surface area contributed by atoms with Gasteiger partial charge in [0.25, 0.3) is 5.91 Å². The number of nitrogens with zero attached hydrogens (tertiary/aromatic N) is 1. The Kier molecular flexibility index (Phi) is 3.61. The zero-order valence-corrected chi connectivity index (χ0v) is 15.0. The molecule has 0 saturated carbocycles. The van der Waals surface area contributed by atoms with Crippen molar-refractivity contribution in [2.45, 2.75) is 0 Å². The number of carbonyl (C=O) groups is 1. The van der Waals surface area contributed by atoms with Crippen LogP contribution in [0.15, 0.2) is 48.5 Å². The zero-order valence-electron chi connectivity index (χ0n) is 14.2. The lowest BCUT2D eigenvalue weighted by Crippen LogP contribution is -2.15. The number of aromatic nitrogens is 1. The van der Waals surface area contributed by atoms with Crippen molar-refractivity contribution in [3.8, 4) is 11.5 Å². The fourth-order valence-electron chi connectivity index (χ4n) is 3.12. The average molecular weight is 377 g/mol. The van der Waals surface area contributed by atoms with Gasteiger partial charge in [-0.15, -0.1) is 11.3 Å². The number of pyridine rings is 1. The molecule has 6 nitrogen and oxygen atoms in total. The lowest BCUT2D eigenvalue weighted by Gasteiger charge is -2.18. The summed E-state index contributed by atoms with van der Waals surface area (Å²) in [6.07, 6.45) is 0. The summed E-state index contributed by atoms with van der Waals surface area (Å²) in [6, 6.07) is 15.0. The number of carbonyl (C=O) groups excluding carboxylic acids is 1. The predicted molar refractivity (Wildman–Crippen MR) is 107 cm³/mol. The molecule has 7 heteroatoms. The number of anilines is 2. The van der Waals surface area contributed by atoms with E-state index in [0.717, 1.165) is 26.8 Å². The van der Waals surface area contributed by atoms with E-state index in [9.17, 15) is 4.79 Å². The van der Waals surface area contributed by atoms with E-state index in [0.29, 0.717) is 35.3 Å². The summed E-state index contributed by atoms with van der Waals surface area (Å²) in [7, 11) is 0. The number of fused-ring (bicyclic) bond motifs is 3. The van der Waals surface area contributed by atoms with E-state index in [1.165, 1.54) is 11.3 Å². The molecule has 2 aromatic carbocycles. The minimum absolute atomic E-state index is 0.239. The van der Waals surface area contributed by atoms with E-state index in [2.05, 4.69) is 10.3 Å². The van der Waals surface area contributed by atoms with E-state index in [4.69, 9.17) is 15.2 Å². The van der Waals surface area contributed by atoms with Crippen LogP contribution in [-0.4, -0.2) is 24.1 Å². The Morgan fingerprint density at radius 2 is 1.81 bits per heavy atom. The van der Waals surface area contributed by atoms with Crippen LogP contribution in [0.5, 0.6) is 11.5 Å². The molecule has 1 aliphatic heterocycles. The number of nitrogens with two attached hydrogens (primary N) is 1. The maximum absolute atomic E-state index is 12.7. The fourth-order valence-corrected chi connectivity index (χ4v) is 4.10. The van der Waals surface area contributed by atoms with Crippen LogP contribution in [0.3, 0.4) is 0 Å². The third-order valence-electron chi connectivity index (χ3n) is 4.42. The summed E-state index contributed by atoms with van der Waals surface area (Å²) >= 11 is 1.28. The van der Waals surface area contributed by atoms with E-state index in [-0.39, 0.29) is 5.91 Å². The van der Waals surface area contributed by atoms with Gasteiger partial charge < -0.3 is 20.5 Å². The summed E-state index contributed by atoms with van der Waals surface area (Å²) < 4.78 is 11.3. The number of thiophene rings is 1. The van der Waals surface area contributed by atoms with Crippen LogP contribution in [0.25, 0.3) is 21.1 Å². The molecule has 1 amide bonds. The summed E-state index contributed by atoms with van der Waals surface area (Å²) in [6.45, 7) is 1.05. The lowest BCUT2D eigenvalue weighted by atomic mass is 10.1. The summed E-state index contributed by atoms with van der Waals surface area (Å²) in [5.41, 5.74) is 8.22. The number of hydrogen-bond acceptors (Lipinski definition) is 6. The van der Waals surface area contributed by atoms with Gasteiger partial charge in [0.15, 0.2) is 11.5 Å². The highest BCUT2D eigenvalue weighted by Gasteiger charge is 2.19. The molecule has 0 atom stereocenters. The molecule has 0 fully saturated rings. The first-order chi connectivity index (χ1) is 13.2. The normalized spacial score (nSPS) is 13.0. The number of benzene rings is 2. The molecule has 0 unspecified atom stereocenters. The van der Waals surface area contributed by atoms with Crippen molar-refractivity contribution in [1.29, 1.82) is 0 Å². The van der Waals surface area contributed by atoms with Gasteiger partial charge in [0.2, 0.25) is 0 Å². The smallest absolute Gasteiger partial charge is 0.267 e. The Balaban J connectivity index is 1.59. The van der Waals surface area contributed by atoms with Crippen molar-refractivity contribution in [3.05, 3.63) is 53.4 Å². The number of rotatable bonds is 2. The largest absolute Gasteiger partial charge is 0.486 e. The maximum atomic E-state index is 12.7. The molecule has 27 heavy (non-hydrogen) atoms. The molecular weight excluding hydrogens is 362 g/mol. The van der Waals surface area contributed by atoms with Crippen molar-refractivity contribution in [3.63, 3.8) is 0 Å². The van der Waals surface area contributed by atoms with Crippen LogP contribution < -0.4 is 20.5 Å². The van der Waals surface area contributed by atoms with Crippen LogP contribution in [0.4, 0.5) is 11.4 Å². The number of amides is 1. The number of hydrogen-bond donors (Lipinski definition) is 2. The van der Waals surface area contributed by atoms with Crippen LogP contribution in [0.2, 0.25) is 0 Å². The van der Waals surface area contributed by atoms with Gasteiger partial charge in [0.05, 0.1) is 11.2 Å². The fraction of sp³-hybridized carbons (Fsp3) is 0.100. The topological polar surface area (TPSA) is 86.5 Å². The number of para-hydroxylation sites is 1. The average Bonchev–Trinajstić information content (AvgIpc) is 3.01. The molecule has 0 saturated heterocycles. The predicted octanol–water partition coefficient (Wildman–Crippen LogP) is 4.06. The van der Waals surface area contributed by atoms with Gasteiger partial charge in [-0.2, -0.15) is 0 Å². The molecule has 0 radical (unpaired) electrons. The molecule has 3 N–H and O–H groups in total. The molecule has 134 valence electrons. The summed E-state index contributed by atoms with van der Waals surface area (Å²) in [4.78, 5) is 18.5. The molecule has 2 aromatic heterocycles. The third-order valence-corrected chi connectivity index (χ3v) is 5.53. The van der Waals surface area contributed by atoms with E-state index in [1.807, 2.05) is 48.5 Å². The third kappa shape index (κ3) is 2.72. The van der Waals surface area contributed by atoms with E-state index >= 15 is 0 Å². The molecule has 5 rings (SSSR count). The van der Waals surface area contributed by atoms with Crippen LogP contribution in [0.1, 0.15) is 9.67 Å². The van der Waals surface area contributed by atoms with E-state index in [1.54, 1.807) is 0 Å². The van der Waals surface area contributed by atoms with Crippen LogP contribution in [0, 0.1) is 0 Å². The van der Waals surface area contributed by atoms with Crippen molar-refractivity contribution < 1.29 is 14.3 Å². The number of ether oxygens (including phenoxy) is 2. The molecule has 4 aromatic rings. The molecule has 0 aliphatic carbocycles. The second-order valence-electron chi connectivity index (χ2n) is 6.19. The SMILES string of the molecule is Nc1c(C(=O)Nc2ccccc2)sc2nc3cc4c(cc3cc12)OCCO4. The van der Waals surface area contributed by atoms with Crippen molar-refractivity contribution in [2.75, 3.05) is 24.3 Å². The van der Waals surface area contributed by atoms with Crippen molar-refractivity contribution in [2.24, 2.45) is 0 Å². The Labute approximate surface area is 158 Å². The first-order valence-corrected chi connectivity index (χ1v) is 9.29. The van der Waals surface area contributed by atoms with Gasteiger partial charge in [-0.25, -0.2) is 4.98 Å². The van der Waals surface area contributed by atoms with Gasteiger partial charge in [-0.1, -0.05) is 18.2 Å². The molecule has 3 heterocycles. The number of nitrogen functional groups attached to an aromatic ring is 1. The van der Waals surface area contributed by atoms with Gasteiger partial charge in [-0.05, 0) is 24.3 Å². The highest BCUT2D eigenvalue weighted by molar-refractivity contribution is 7.21. The Morgan fingerprint density at radius 1 is 1.07 bits per heavy atom. The Bertz CT molecular complexity index is 1190. The quantitative estimate of drug-likeness (QED) is 0.550. The number of nitrogens with one attached hydrogen (secondary N) is 1. The van der Waals surface area contributed by atoms with Gasteiger partial charge in [-0.3, -0.25) is 4.79 Å². The minimum atomic E-state index is -0.239. The molecule has 1 aliphatic rings. The lowest BCUT2D eigenvalue weighted by molar-refractivity contribution is 0.103. The second kappa shape index (κ2) is 6.14. The minimum Gasteiger partial charge on any atom is -0.486 e. The van der Waals surface area contributed by atoms with Gasteiger partial charge in [0.1, 0.15) is 22.9 Å². The first kappa shape index (κ1) is 15.9. The van der Waals surface area contributed by atoms with Gasteiger partial charge >= 0.3 is 0 Å². The zero-order chi connectivity index (χ0) is 18.4. The van der Waals surface area contributed by atoms with Crippen molar-refractivity contribution in [1.82, 2.24) is 4.98 Å². The standard InChI is InChI=1S/C20H15N3O3S/c21-17-13-8-11-9-15-16(26-7-6-25-15)10-14(11)23-20(13)27-18(17)19(24)22-12-4-2-1-3-5-12/h1-5,8-10H,6-7,21H2,(H,22,24). The first-order valence-electron chi connectivity index (χ1n) is 8.48. The van der Waals surface area contributed by atoms with Crippen LogP contribution in [-0.2, 0) is 0 Å². The monoisotopic (exact) mass is 377 g/mol. The highest BCUT2D eigenvalue weighted by atomic mass is 32.1.